The number of ether oxygens (including phenoxy) is 1. The van der Waals surface area contributed by atoms with Gasteiger partial charge >= 0.3 is 5.97 Å². The smallest absolute Gasteiger partial charge is 0.340 e. The second kappa shape index (κ2) is 9.24. The molecule has 1 aliphatic heterocycles. The van der Waals surface area contributed by atoms with Crippen LogP contribution in [0.2, 0.25) is 5.02 Å². The molecule has 0 aliphatic carbocycles. The van der Waals surface area contributed by atoms with Gasteiger partial charge in [0.15, 0.2) is 6.61 Å². The van der Waals surface area contributed by atoms with Crippen molar-refractivity contribution in [1.82, 2.24) is 9.21 Å². The zero-order chi connectivity index (χ0) is 21.1. The number of sulfonamides is 1. The largest absolute Gasteiger partial charge is 0.452 e. The summed E-state index contributed by atoms with van der Waals surface area (Å²) in [6.07, 6.45) is 1.62. The molecule has 2 rings (SSSR count). The van der Waals surface area contributed by atoms with E-state index in [2.05, 4.69) is 0 Å². The summed E-state index contributed by atoms with van der Waals surface area (Å²) < 4.78 is 31.9. The Kier molecular flexibility index (Phi) is 7.47. The molecule has 0 bridgehead atoms. The molecular weight excluding hydrogens is 404 g/mol. The van der Waals surface area contributed by atoms with Gasteiger partial charge < -0.3 is 9.64 Å². The summed E-state index contributed by atoms with van der Waals surface area (Å²) >= 11 is 6.07. The highest BCUT2D eigenvalue weighted by Crippen LogP contribution is 2.25. The monoisotopic (exact) mass is 430 g/mol. The normalized spacial score (nSPS) is 15.2. The molecule has 7 nitrogen and oxygen atoms in total. The van der Waals surface area contributed by atoms with E-state index in [1.165, 1.54) is 22.5 Å². The van der Waals surface area contributed by atoms with Crippen molar-refractivity contribution in [2.75, 3.05) is 19.7 Å². The molecule has 1 saturated heterocycles. The van der Waals surface area contributed by atoms with Gasteiger partial charge in [0.25, 0.3) is 5.91 Å². The lowest BCUT2D eigenvalue weighted by atomic mass is 10.2. The Morgan fingerprint density at radius 3 is 2.25 bits per heavy atom. The van der Waals surface area contributed by atoms with E-state index in [4.69, 9.17) is 16.3 Å². The first-order valence-corrected chi connectivity index (χ1v) is 11.2. The SMILES string of the molecule is CC(C)N(C(=O)COC(=O)c1cc(S(=O)(=O)N2CCCC2)ccc1Cl)C(C)C. The van der Waals surface area contributed by atoms with Gasteiger partial charge in [-0.3, -0.25) is 4.79 Å². The van der Waals surface area contributed by atoms with E-state index < -0.39 is 22.6 Å². The Labute approximate surface area is 171 Å². The van der Waals surface area contributed by atoms with Crippen LogP contribution in [0.1, 0.15) is 50.9 Å². The van der Waals surface area contributed by atoms with Gasteiger partial charge in [0.05, 0.1) is 15.5 Å². The van der Waals surface area contributed by atoms with Crippen LogP contribution in [0.25, 0.3) is 0 Å². The lowest BCUT2D eigenvalue weighted by Gasteiger charge is -2.30. The molecule has 0 aromatic heterocycles. The zero-order valence-corrected chi connectivity index (χ0v) is 18.2. The van der Waals surface area contributed by atoms with E-state index in [1.807, 2.05) is 27.7 Å². The summed E-state index contributed by atoms with van der Waals surface area (Å²) in [5.41, 5.74) is -0.0737. The van der Waals surface area contributed by atoms with E-state index in [9.17, 15) is 18.0 Å². The van der Waals surface area contributed by atoms with Gasteiger partial charge in [-0.25, -0.2) is 13.2 Å². The summed E-state index contributed by atoms with van der Waals surface area (Å²) in [4.78, 5) is 26.4. The number of rotatable bonds is 7. The zero-order valence-electron chi connectivity index (χ0n) is 16.6. The fraction of sp³-hybridized carbons (Fsp3) is 0.579. The highest BCUT2D eigenvalue weighted by Gasteiger charge is 2.29. The Balaban J connectivity index is 2.16. The summed E-state index contributed by atoms with van der Waals surface area (Å²) in [7, 11) is -3.69. The average Bonchev–Trinajstić information content (AvgIpc) is 3.14. The summed E-state index contributed by atoms with van der Waals surface area (Å²) in [5.74, 6) is -1.15. The number of benzene rings is 1. The molecule has 156 valence electrons. The number of carbonyl (C=O) groups excluding carboxylic acids is 2. The quantitative estimate of drug-likeness (QED) is 0.621. The molecule has 1 aromatic carbocycles. The molecule has 1 fully saturated rings. The highest BCUT2D eigenvalue weighted by molar-refractivity contribution is 7.89. The molecule has 1 aromatic rings. The lowest BCUT2D eigenvalue weighted by molar-refractivity contribution is -0.138. The Morgan fingerprint density at radius 2 is 1.71 bits per heavy atom. The maximum Gasteiger partial charge on any atom is 0.340 e. The van der Waals surface area contributed by atoms with Crippen molar-refractivity contribution >= 4 is 33.5 Å². The first-order valence-electron chi connectivity index (χ1n) is 9.33. The van der Waals surface area contributed by atoms with E-state index >= 15 is 0 Å². The fourth-order valence-corrected chi connectivity index (χ4v) is 5.09. The summed E-state index contributed by atoms with van der Waals surface area (Å²) in [5, 5.41) is 0.0717. The van der Waals surface area contributed by atoms with Crippen molar-refractivity contribution in [2.24, 2.45) is 0 Å². The topological polar surface area (TPSA) is 84.0 Å². The van der Waals surface area contributed by atoms with Crippen LogP contribution in [-0.2, 0) is 19.6 Å². The number of amides is 1. The molecule has 0 atom stereocenters. The van der Waals surface area contributed by atoms with Crippen LogP contribution in [0.4, 0.5) is 0 Å². The number of carbonyl (C=O) groups is 2. The van der Waals surface area contributed by atoms with Crippen LogP contribution in [0.3, 0.4) is 0 Å². The second-order valence-electron chi connectivity index (χ2n) is 7.32. The minimum atomic E-state index is -3.69. The van der Waals surface area contributed by atoms with E-state index in [1.54, 1.807) is 4.90 Å². The molecule has 0 spiro atoms. The molecule has 1 heterocycles. The van der Waals surface area contributed by atoms with Crippen LogP contribution >= 0.6 is 11.6 Å². The van der Waals surface area contributed by atoms with Crippen molar-refractivity contribution in [2.45, 2.75) is 57.5 Å². The van der Waals surface area contributed by atoms with Gasteiger partial charge in [-0.2, -0.15) is 4.31 Å². The van der Waals surface area contributed by atoms with Gasteiger partial charge in [0.2, 0.25) is 10.0 Å². The molecule has 9 heteroatoms. The maximum absolute atomic E-state index is 12.7. The average molecular weight is 431 g/mol. The van der Waals surface area contributed by atoms with Gasteiger partial charge in [0.1, 0.15) is 0 Å². The van der Waals surface area contributed by atoms with Crippen molar-refractivity contribution in [3.8, 4) is 0 Å². The first kappa shape index (κ1) is 22.6. The van der Waals surface area contributed by atoms with E-state index in [-0.39, 0.29) is 33.5 Å². The van der Waals surface area contributed by atoms with Crippen molar-refractivity contribution < 1.29 is 22.7 Å². The molecule has 28 heavy (non-hydrogen) atoms. The van der Waals surface area contributed by atoms with Gasteiger partial charge in [-0.05, 0) is 58.7 Å². The number of halogens is 1. The van der Waals surface area contributed by atoms with E-state index in [0.29, 0.717) is 13.1 Å². The van der Waals surface area contributed by atoms with E-state index in [0.717, 1.165) is 12.8 Å². The lowest BCUT2D eigenvalue weighted by Crippen LogP contribution is -2.44. The Hall–Kier alpha value is -1.64. The van der Waals surface area contributed by atoms with Crippen molar-refractivity contribution in [1.29, 1.82) is 0 Å². The first-order chi connectivity index (χ1) is 13.1. The molecule has 0 radical (unpaired) electrons. The third-order valence-corrected chi connectivity index (χ3v) is 6.81. The second-order valence-corrected chi connectivity index (χ2v) is 9.66. The van der Waals surface area contributed by atoms with Crippen molar-refractivity contribution in [3.05, 3.63) is 28.8 Å². The molecule has 0 unspecified atom stereocenters. The summed E-state index contributed by atoms with van der Waals surface area (Å²) in [6.45, 7) is 7.99. The maximum atomic E-state index is 12.7. The standard InChI is InChI=1S/C19H27ClN2O5S/c1-13(2)22(14(3)4)18(23)12-27-19(24)16-11-15(7-8-17(16)20)28(25,26)21-9-5-6-10-21/h7-8,11,13-14H,5-6,9-10,12H2,1-4H3. The Morgan fingerprint density at radius 1 is 1.14 bits per heavy atom. The number of hydrogen-bond acceptors (Lipinski definition) is 5. The van der Waals surface area contributed by atoms with Gasteiger partial charge in [-0.1, -0.05) is 11.6 Å². The molecule has 0 saturated carbocycles. The molecule has 1 aliphatic rings. The van der Waals surface area contributed by atoms with Gasteiger partial charge in [-0.15, -0.1) is 0 Å². The highest BCUT2D eigenvalue weighted by atomic mass is 35.5. The molecule has 1 amide bonds. The number of esters is 1. The minimum absolute atomic E-state index is 0.0111. The predicted molar refractivity (Wildman–Crippen MR) is 107 cm³/mol. The van der Waals surface area contributed by atoms with Gasteiger partial charge in [0, 0.05) is 25.2 Å². The third kappa shape index (κ3) is 5.04. The van der Waals surface area contributed by atoms with Crippen LogP contribution in [0.5, 0.6) is 0 Å². The van der Waals surface area contributed by atoms with Crippen LogP contribution in [0.15, 0.2) is 23.1 Å². The van der Waals surface area contributed by atoms with Crippen LogP contribution in [-0.4, -0.2) is 61.3 Å². The number of nitrogens with zero attached hydrogens (tertiary/aromatic N) is 2. The third-order valence-electron chi connectivity index (χ3n) is 4.59. The molecular formula is C19H27ClN2O5S. The molecule has 0 N–H and O–H groups in total. The predicted octanol–water partition coefficient (Wildman–Crippen LogP) is 2.93. The minimum Gasteiger partial charge on any atom is -0.452 e. The van der Waals surface area contributed by atoms with Crippen LogP contribution in [0, 0.1) is 0 Å². The summed E-state index contributed by atoms with van der Waals surface area (Å²) in [6, 6.07) is 3.87. The van der Waals surface area contributed by atoms with Crippen LogP contribution < -0.4 is 0 Å². The number of hydrogen-bond donors (Lipinski definition) is 0. The Bertz CT molecular complexity index is 825. The van der Waals surface area contributed by atoms with Crippen molar-refractivity contribution in [3.63, 3.8) is 0 Å². The fourth-order valence-electron chi connectivity index (χ4n) is 3.35.